The first-order chi connectivity index (χ1) is 6.72. The summed E-state index contributed by atoms with van der Waals surface area (Å²) in [5, 5.41) is 0. The molecule has 1 rings (SSSR count). The molecular weight excluding hydrogens is 216 g/mol. The van der Waals surface area contributed by atoms with Crippen molar-refractivity contribution in [2.75, 3.05) is 0 Å². The minimum Gasteiger partial charge on any atom is -0.271 e. The molecule has 0 aliphatic carbocycles. The van der Waals surface area contributed by atoms with Crippen molar-refractivity contribution in [2.24, 2.45) is 11.8 Å². The summed E-state index contributed by atoms with van der Waals surface area (Å²) in [5.41, 5.74) is 2.89. The molecule has 4 heteroatoms. The highest BCUT2D eigenvalue weighted by atomic mass is 35.5. The molecule has 0 bridgehead atoms. The van der Waals surface area contributed by atoms with Crippen LogP contribution in [0.1, 0.15) is 37.6 Å². The van der Waals surface area contributed by atoms with Crippen molar-refractivity contribution in [1.29, 1.82) is 0 Å². The van der Waals surface area contributed by atoms with E-state index in [9.17, 15) is 0 Å². The third kappa shape index (κ3) is 2.70. The normalized spacial score (nSPS) is 13.5. The molecule has 0 aliphatic heterocycles. The van der Waals surface area contributed by atoms with Crippen LogP contribution >= 0.6 is 22.9 Å². The van der Waals surface area contributed by atoms with E-state index in [1.807, 2.05) is 6.07 Å². The topological polar surface area (TPSA) is 38.0 Å². The van der Waals surface area contributed by atoms with Crippen molar-refractivity contribution in [1.82, 2.24) is 5.43 Å². The quantitative estimate of drug-likeness (QED) is 0.604. The summed E-state index contributed by atoms with van der Waals surface area (Å²) in [6, 6.07) is 4.21. The maximum atomic E-state index is 5.90. The number of nitrogens with one attached hydrogen (secondary N) is 1. The Kier molecular flexibility index (Phi) is 4.89. The van der Waals surface area contributed by atoms with Gasteiger partial charge < -0.3 is 0 Å². The van der Waals surface area contributed by atoms with Crippen LogP contribution < -0.4 is 11.3 Å². The molecule has 0 aromatic carbocycles. The summed E-state index contributed by atoms with van der Waals surface area (Å²) in [4.78, 5) is 1.23. The van der Waals surface area contributed by atoms with Crippen LogP contribution in [-0.2, 0) is 0 Å². The Morgan fingerprint density at radius 3 is 2.43 bits per heavy atom. The van der Waals surface area contributed by atoms with Crippen molar-refractivity contribution in [3.05, 3.63) is 21.3 Å². The first-order valence-electron chi connectivity index (χ1n) is 4.94. The molecule has 0 radical (unpaired) electrons. The average molecular weight is 233 g/mol. The molecule has 1 aromatic rings. The van der Waals surface area contributed by atoms with Gasteiger partial charge in [0, 0.05) is 4.88 Å². The van der Waals surface area contributed by atoms with Gasteiger partial charge in [0.25, 0.3) is 0 Å². The van der Waals surface area contributed by atoms with Crippen molar-refractivity contribution in [2.45, 2.75) is 32.7 Å². The van der Waals surface area contributed by atoms with E-state index in [1.165, 1.54) is 4.88 Å². The molecule has 80 valence electrons. The van der Waals surface area contributed by atoms with E-state index in [0.29, 0.717) is 5.92 Å². The molecule has 1 atom stereocenters. The van der Waals surface area contributed by atoms with E-state index in [-0.39, 0.29) is 6.04 Å². The Labute approximate surface area is 94.4 Å². The van der Waals surface area contributed by atoms with E-state index in [0.717, 1.165) is 17.2 Å². The zero-order valence-electron chi connectivity index (χ0n) is 8.59. The largest absolute Gasteiger partial charge is 0.271 e. The number of rotatable bonds is 5. The Morgan fingerprint density at radius 1 is 1.43 bits per heavy atom. The van der Waals surface area contributed by atoms with Gasteiger partial charge in [0.1, 0.15) is 0 Å². The minimum absolute atomic E-state index is 0.238. The number of hydrazine groups is 1. The predicted molar refractivity (Wildman–Crippen MR) is 63.5 cm³/mol. The lowest BCUT2D eigenvalue weighted by Crippen LogP contribution is -2.32. The summed E-state index contributed by atoms with van der Waals surface area (Å²) >= 11 is 7.50. The van der Waals surface area contributed by atoms with Crippen LogP contribution in [0.15, 0.2) is 12.1 Å². The van der Waals surface area contributed by atoms with E-state index >= 15 is 0 Å². The number of hydrogen-bond donors (Lipinski definition) is 2. The highest BCUT2D eigenvalue weighted by Gasteiger charge is 2.20. The number of nitrogens with two attached hydrogens (primary N) is 1. The second-order valence-corrected chi connectivity index (χ2v) is 5.11. The molecule has 0 saturated heterocycles. The van der Waals surface area contributed by atoms with Crippen LogP contribution in [-0.4, -0.2) is 0 Å². The van der Waals surface area contributed by atoms with Crippen molar-refractivity contribution in [3.8, 4) is 0 Å². The first-order valence-corrected chi connectivity index (χ1v) is 6.13. The highest BCUT2D eigenvalue weighted by Crippen LogP contribution is 2.33. The lowest BCUT2D eigenvalue weighted by molar-refractivity contribution is 0.350. The second kappa shape index (κ2) is 5.71. The van der Waals surface area contributed by atoms with Gasteiger partial charge in [-0.25, -0.2) is 0 Å². The number of halogens is 1. The molecule has 2 nitrogen and oxygen atoms in total. The Balaban J connectivity index is 2.80. The fourth-order valence-electron chi connectivity index (χ4n) is 1.71. The van der Waals surface area contributed by atoms with E-state index in [2.05, 4.69) is 25.3 Å². The molecule has 14 heavy (non-hydrogen) atoms. The van der Waals surface area contributed by atoms with Crippen LogP contribution in [0, 0.1) is 5.92 Å². The number of hydrogen-bond acceptors (Lipinski definition) is 3. The lowest BCUT2D eigenvalue weighted by Gasteiger charge is -2.23. The van der Waals surface area contributed by atoms with Crippen LogP contribution in [0.2, 0.25) is 4.34 Å². The Morgan fingerprint density at radius 2 is 2.07 bits per heavy atom. The van der Waals surface area contributed by atoms with Gasteiger partial charge in [-0.3, -0.25) is 11.3 Å². The first kappa shape index (κ1) is 12.0. The van der Waals surface area contributed by atoms with Gasteiger partial charge in [-0.05, 0) is 18.1 Å². The van der Waals surface area contributed by atoms with Gasteiger partial charge >= 0.3 is 0 Å². The van der Waals surface area contributed by atoms with Crippen LogP contribution in [0.25, 0.3) is 0 Å². The molecular formula is C10H17ClN2S. The molecule has 0 aliphatic rings. The predicted octanol–water partition coefficient (Wildman–Crippen LogP) is 3.34. The summed E-state index contributed by atoms with van der Waals surface area (Å²) in [6.07, 6.45) is 2.25. The molecule has 0 saturated carbocycles. The van der Waals surface area contributed by atoms with Crippen LogP contribution in [0.3, 0.4) is 0 Å². The van der Waals surface area contributed by atoms with Crippen molar-refractivity contribution < 1.29 is 0 Å². The monoisotopic (exact) mass is 232 g/mol. The van der Waals surface area contributed by atoms with Gasteiger partial charge in [0.05, 0.1) is 10.4 Å². The number of thiophene rings is 1. The standard InChI is InChI=1S/C10H17ClN2S/c1-3-7(4-2)10(13-12)8-5-6-9(11)14-8/h5-7,10,13H,3-4,12H2,1-2H3. The SMILES string of the molecule is CCC(CC)C(NN)c1ccc(Cl)s1. The third-order valence-corrected chi connectivity index (χ3v) is 3.91. The van der Waals surface area contributed by atoms with E-state index in [4.69, 9.17) is 17.4 Å². The summed E-state index contributed by atoms with van der Waals surface area (Å²) in [5.74, 6) is 6.16. The molecule has 0 fully saturated rings. The second-order valence-electron chi connectivity index (χ2n) is 3.36. The minimum atomic E-state index is 0.238. The zero-order valence-corrected chi connectivity index (χ0v) is 10.2. The molecule has 1 heterocycles. The summed E-state index contributed by atoms with van der Waals surface area (Å²) < 4.78 is 0.825. The summed E-state index contributed by atoms with van der Waals surface area (Å²) in [6.45, 7) is 4.38. The molecule has 0 spiro atoms. The lowest BCUT2D eigenvalue weighted by atomic mass is 9.93. The average Bonchev–Trinajstić information content (AvgIpc) is 2.60. The fraction of sp³-hybridized carbons (Fsp3) is 0.600. The van der Waals surface area contributed by atoms with Crippen molar-refractivity contribution in [3.63, 3.8) is 0 Å². The maximum absolute atomic E-state index is 5.90. The van der Waals surface area contributed by atoms with Gasteiger partial charge in [0.2, 0.25) is 0 Å². The van der Waals surface area contributed by atoms with Gasteiger partial charge in [-0.15, -0.1) is 11.3 Å². The van der Waals surface area contributed by atoms with Crippen molar-refractivity contribution >= 4 is 22.9 Å². The maximum Gasteiger partial charge on any atom is 0.0931 e. The summed E-state index contributed by atoms with van der Waals surface area (Å²) in [7, 11) is 0. The smallest absolute Gasteiger partial charge is 0.0931 e. The fourth-order valence-corrected chi connectivity index (χ4v) is 2.92. The molecule has 0 amide bonds. The van der Waals surface area contributed by atoms with Gasteiger partial charge in [-0.1, -0.05) is 38.3 Å². The van der Waals surface area contributed by atoms with Crippen LogP contribution in [0.5, 0.6) is 0 Å². The van der Waals surface area contributed by atoms with Gasteiger partial charge in [0.15, 0.2) is 0 Å². The molecule has 1 unspecified atom stereocenters. The highest BCUT2D eigenvalue weighted by molar-refractivity contribution is 7.16. The Bertz CT molecular complexity index is 271. The third-order valence-electron chi connectivity index (χ3n) is 2.60. The zero-order chi connectivity index (χ0) is 10.6. The Hall–Kier alpha value is -0.0900. The molecule has 1 aromatic heterocycles. The van der Waals surface area contributed by atoms with Gasteiger partial charge in [-0.2, -0.15) is 0 Å². The van der Waals surface area contributed by atoms with E-state index in [1.54, 1.807) is 11.3 Å². The van der Waals surface area contributed by atoms with E-state index < -0.39 is 0 Å². The van der Waals surface area contributed by atoms with Crippen LogP contribution in [0.4, 0.5) is 0 Å². The molecule has 3 N–H and O–H groups in total.